The lowest BCUT2D eigenvalue weighted by Gasteiger charge is -2.25. The maximum absolute atomic E-state index is 11.9. The smallest absolute Gasteiger partial charge is 0.254 e. The van der Waals surface area contributed by atoms with Gasteiger partial charge in [0.05, 0.1) is 47.3 Å². The number of amides is 1. The van der Waals surface area contributed by atoms with Gasteiger partial charge in [-0.05, 0) is 12.1 Å². The molecule has 1 aliphatic rings. The van der Waals surface area contributed by atoms with Crippen molar-refractivity contribution in [1.82, 2.24) is 10.3 Å². The van der Waals surface area contributed by atoms with Crippen LogP contribution in [-0.2, 0) is 9.53 Å². The number of nitrogens with zero attached hydrogens (tertiary/aromatic N) is 2. The number of hydrogen-bond acceptors (Lipinski definition) is 7. The van der Waals surface area contributed by atoms with Crippen LogP contribution in [0.15, 0.2) is 17.2 Å². The molecule has 1 aromatic carbocycles. The van der Waals surface area contributed by atoms with E-state index < -0.39 is 0 Å². The van der Waals surface area contributed by atoms with Crippen molar-refractivity contribution in [3.05, 3.63) is 17.7 Å². The molecule has 0 bridgehead atoms. The topological polar surface area (TPSA) is 81.6 Å². The largest absolute Gasteiger partial charge is 0.493 e. The monoisotopic (exact) mass is 337 g/mol. The first-order valence-electron chi connectivity index (χ1n) is 7.60. The Morgan fingerprint density at radius 1 is 1.21 bits per heavy atom. The first-order chi connectivity index (χ1) is 11.7. The lowest BCUT2D eigenvalue weighted by atomic mass is 10.2. The summed E-state index contributed by atoms with van der Waals surface area (Å²) in [4.78, 5) is 13.9. The van der Waals surface area contributed by atoms with Gasteiger partial charge in [-0.25, -0.2) is 5.43 Å². The van der Waals surface area contributed by atoms with Gasteiger partial charge >= 0.3 is 0 Å². The maximum Gasteiger partial charge on any atom is 0.254 e. The zero-order valence-electron chi connectivity index (χ0n) is 14.2. The number of nitrogens with one attached hydrogen (secondary N) is 1. The molecule has 0 saturated carbocycles. The number of ether oxygens (including phenoxy) is 4. The fraction of sp³-hybridized carbons (Fsp3) is 0.500. The summed E-state index contributed by atoms with van der Waals surface area (Å²) in [6.45, 7) is 3.12. The molecule has 0 aromatic heterocycles. The SMILES string of the molecule is COc1cc(/C=N\NC(=O)CN2CCOCC2)cc(OC)c1OC. The van der Waals surface area contributed by atoms with Crippen LogP contribution in [0.4, 0.5) is 0 Å². The van der Waals surface area contributed by atoms with Gasteiger partial charge in [-0.1, -0.05) is 0 Å². The number of rotatable bonds is 7. The summed E-state index contributed by atoms with van der Waals surface area (Å²) in [5, 5.41) is 3.98. The molecule has 24 heavy (non-hydrogen) atoms. The van der Waals surface area contributed by atoms with E-state index in [4.69, 9.17) is 18.9 Å². The number of methoxy groups -OCH3 is 3. The van der Waals surface area contributed by atoms with Crippen molar-refractivity contribution in [2.24, 2.45) is 5.10 Å². The highest BCUT2D eigenvalue weighted by Crippen LogP contribution is 2.37. The standard InChI is InChI=1S/C16H23N3O5/c1-21-13-8-12(9-14(22-2)16(13)23-3)10-17-18-15(20)11-19-4-6-24-7-5-19/h8-10H,4-7,11H2,1-3H3,(H,18,20)/b17-10-. The third-order valence-corrected chi connectivity index (χ3v) is 3.56. The van der Waals surface area contributed by atoms with Crippen LogP contribution in [0.1, 0.15) is 5.56 Å². The number of hydrazone groups is 1. The summed E-state index contributed by atoms with van der Waals surface area (Å²) in [5.74, 6) is 1.39. The van der Waals surface area contributed by atoms with Crippen LogP contribution < -0.4 is 19.6 Å². The Labute approximate surface area is 141 Å². The predicted molar refractivity (Wildman–Crippen MR) is 89.1 cm³/mol. The fourth-order valence-electron chi connectivity index (χ4n) is 2.35. The van der Waals surface area contributed by atoms with Gasteiger partial charge in [0, 0.05) is 18.7 Å². The molecule has 132 valence electrons. The third-order valence-electron chi connectivity index (χ3n) is 3.56. The minimum atomic E-state index is -0.166. The Kier molecular flexibility index (Phi) is 6.83. The van der Waals surface area contributed by atoms with Crippen molar-refractivity contribution in [2.75, 3.05) is 54.2 Å². The molecule has 0 spiro atoms. The van der Waals surface area contributed by atoms with E-state index in [0.717, 1.165) is 18.7 Å². The van der Waals surface area contributed by atoms with Crippen LogP contribution >= 0.6 is 0 Å². The number of morpholine rings is 1. The van der Waals surface area contributed by atoms with Gasteiger partial charge in [0.1, 0.15) is 0 Å². The van der Waals surface area contributed by atoms with Gasteiger partial charge in [-0.15, -0.1) is 0 Å². The Balaban J connectivity index is 1.96. The van der Waals surface area contributed by atoms with E-state index in [1.165, 1.54) is 6.21 Å². The van der Waals surface area contributed by atoms with Crippen molar-refractivity contribution < 1.29 is 23.7 Å². The third kappa shape index (κ3) is 4.84. The Morgan fingerprint density at radius 2 is 1.83 bits per heavy atom. The van der Waals surface area contributed by atoms with Gasteiger partial charge in [0.25, 0.3) is 5.91 Å². The predicted octanol–water partition coefficient (Wildman–Crippen LogP) is 0.495. The van der Waals surface area contributed by atoms with E-state index in [9.17, 15) is 4.79 Å². The zero-order valence-corrected chi connectivity index (χ0v) is 14.2. The number of benzene rings is 1. The summed E-state index contributed by atoms with van der Waals surface area (Å²) >= 11 is 0. The minimum absolute atomic E-state index is 0.166. The van der Waals surface area contributed by atoms with Crippen molar-refractivity contribution in [3.8, 4) is 17.2 Å². The van der Waals surface area contributed by atoms with Gasteiger partial charge in [-0.2, -0.15) is 5.10 Å². The first-order valence-corrected chi connectivity index (χ1v) is 7.60. The van der Waals surface area contributed by atoms with Gasteiger partial charge in [0.15, 0.2) is 11.5 Å². The fourth-order valence-corrected chi connectivity index (χ4v) is 2.35. The van der Waals surface area contributed by atoms with Crippen molar-refractivity contribution >= 4 is 12.1 Å². The van der Waals surface area contributed by atoms with E-state index in [0.29, 0.717) is 37.0 Å². The maximum atomic E-state index is 11.9. The summed E-state index contributed by atoms with van der Waals surface area (Å²) in [5.41, 5.74) is 3.24. The summed E-state index contributed by atoms with van der Waals surface area (Å²) < 4.78 is 21.1. The minimum Gasteiger partial charge on any atom is -0.493 e. The highest BCUT2D eigenvalue weighted by Gasteiger charge is 2.14. The molecule has 1 aromatic rings. The second kappa shape index (κ2) is 9.09. The molecule has 1 saturated heterocycles. The lowest BCUT2D eigenvalue weighted by Crippen LogP contribution is -2.42. The number of carbonyl (C=O) groups excluding carboxylic acids is 1. The van der Waals surface area contributed by atoms with Crippen molar-refractivity contribution in [1.29, 1.82) is 0 Å². The van der Waals surface area contributed by atoms with Crippen LogP contribution in [-0.4, -0.2) is 71.2 Å². The zero-order chi connectivity index (χ0) is 17.4. The molecule has 8 heteroatoms. The molecule has 0 unspecified atom stereocenters. The van der Waals surface area contributed by atoms with Gasteiger partial charge < -0.3 is 18.9 Å². The molecular weight excluding hydrogens is 314 g/mol. The normalized spacial score (nSPS) is 15.3. The molecule has 0 radical (unpaired) electrons. The average Bonchev–Trinajstić information content (AvgIpc) is 2.61. The van der Waals surface area contributed by atoms with Crippen LogP contribution in [0, 0.1) is 0 Å². The Morgan fingerprint density at radius 3 is 2.38 bits per heavy atom. The van der Waals surface area contributed by atoms with E-state index in [1.807, 2.05) is 4.90 Å². The summed E-state index contributed by atoms with van der Waals surface area (Å²) in [7, 11) is 4.63. The van der Waals surface area contributed by atoms with Crippen molar-refractivity contribution in [3.63, 3.8) is 0 Å². The molecule has 2 rings (SSSR count). The molecule has 0 aliphatic carbocycles. The molecular formula is C16H23N3O5. The number of carbonyl (C=O) groups is 1. The second-order valence-corrected chi connectivity index (χ2v) is 5.14. The quantitative estimate of drug-likeness (QED) is 0.576. The van der Waals surface area contributed by atoms with E-state index in [-0.39, 0.29) is 5.91 Å². The molecule has 1 amide bonds. The summed E-state index contributed by atoms with van der Waals surface area (Å²) in [6, 6.07) is 3.50. The van der Waals surface area contributed by atoms with Gasteiger partial charge in [-0.3, -0.25) is 9.69 Å². The Bertz CT molecular complexity index is 560. The molecule has 1 aliphatic heterocycles. The van der Waals surface area contributed by atoms with Crippen molar-refractivity contribution in [2.45, 2.75) is 0 Å². The molecule has 8 nitrogen and oxygen atoms in total. The van der Waals surface area contributed by atoms with E-state index in [1.54, 1.807) is 33.5 Å². The van der Waals surface area contributed by atoms with E-state index >= 15 is 0 Å². The Hall–Kier alpha value is -2.32. The van der Waals surface area contributed by atoms with Crippen LogP contribution in [0.5, 0.6) is 17.2 Å². The number of hydrogen-bond donors (Lipinski definition) is 1. The molecule has 1 fully saturated rings. The molecule has 1 heterocycles. The molecule has 1 N–H and O–H groups in total. The van der Waals surface area contributed by atoms with Crippen LogP contribution in [0.3, 0.4) is 0 Å². The average molecular weight is 337 g/mol. The van der Waals surface area contributed by atoms with Crippen LogP contribution in [0.25, 0.3) is 0 Å². The molecule has 0 atom stereocenters. The van der Waals surface area contributed by atoms with E-state index in [2.05, 4.69) is 10.5 Å². The second-order valence-electron chi connectivity index (χ2n) is 5.14. The van der Waals surface area contributed by atoms with Crippen LogP contribution in [0.2, 0.25) is 0 Å². The summed E-state index contributed by atoms with van der Waals surface area (Å²) in [6.07, 6.45) is 1.53. The van der Waals surface area contributed by atoms with Gasteiger partial charge in [0.2, 0.25) is 5.75 Å². The highest BCUT2D eigenvalue weighted by molar-refractivity contribution is 5.84. The highest BCUT2D eigenvalue weighted by atomic mass is 16.5. The lowest BCUT2D eigenvalue weighted by molar-refractivity contribution is -0.123. The first kappa shape index (κ1) is 18.0.